The molecule has 1 aromatic rings. The van der Waals surface area contributed by atoms with Crippen LogP contribution in [0.5, 0.6) is 0 Å². The van der Waals surface area contributed by atoms with Gasteiger partial charge in [0.05, 0.1) is 5.88 Å². The summed E-state index contributed by atoms with van der Waals surface area (Å²) in [7, 11) is -3.57. The second-order valence-corrected chi connectivity index (χ2v) is 7.75. The highest BCUT2D eigenvalue weighted by Gasteiger charge is 2.30. The summed E-state index contributed by atoms with van der Waals surface area (Å²) in [6.45, 7) is 6.36. The number of sulfonamides is 1. The number of unbranched alkanes of at least 4 members (excludes halogenated alkanes) is 2. The van der Waals surface area contributed by atoms with Gasteiger partial charge in [-0.2, -0.15) is 4.31 Å². The fraction of sp³-hybridized carbons (Fsp3) is 0.692. The molecule has 0 radical (unpaired) electrons. The van der Waals surface area contributed by atoms with Gasteiger partial charge in [-0.3, -0.25) is 0 Å². The van der Waals surface area contributed by atoms with E-state index >= 15 is 0 Å². The van der Waals surface area contributed by atoms with Crippen LogP contribution in [0.25, 0.3) is 0 Å². The summed E-state index contributed by atoms with van der Waals surface area (Å²) in [6, 6.07) is 1.39. The Bertz CT molecular complexity index is 528. The van der Waals surface area contributed by atoms with Crippen molar-refractivity contribution in [2.24, 2.45) is 0 Å². The lowest BCUT2D eigenvalue weighted by atomic mass is 10.2. The maximum atomic E-state index is 12.7. The van der Waals surface area contributed by atoms with E-state index in [0.29, 0.717) is 12.3 Å². The molecular formula is C13H21BrClNO3S. The minimum atomic E-state index is -3.57. The van der Waals surface area contributed by atoms with E-state index in [1.165, 1.54) is 10.4 Å². The van der Waals surface area contributed by atoms with E-state index in [0.717, 1.165) is 19.3 Å². The molecule has 0 saturated heterocycles. The minimum absolute atomic E-state index is 0.0990. The predicted molar refractivity (Wildman–Crippen MR) is 84.5 cm³/mol. The van der Waals surface area contributed by atoms with Crippen LogP contribution in [0, 0.1) is 0 Å². The number of hydrogen-bond acceptors (Lipinski definition) is 3. The first-order valence-electron chi connectivity index (χ1n) is 6.70. The standard InChI is InChI=1S/C13H21BrClNO3S/c1-4-5-6-7-16(10(2)3)20(17,18)12-8-11(9-15)19-13(12)14/h8,10H,4-7,9H2,1-3H3. The average Bonchev–Trinajstić information content (AvgIpc) is 2.76. The van der Waals surface area contributed by atoms with Crippen molar-refractivity contribution < 1.29 is 12.8 Å². The van der Waals surface area contributed by atoms with Gasteiger partial charge in [0, 0.05) is 18.7 Å². The third-order valence-electron chi connectivity index (χ3n) is 2.98. The van der Waals surface area contributed by atoms with Crippen LogP contribution in [0.15, 0.2) is 20.0 Å². The Morgan fingerprint density at radius 1 is 1.40 bits per heavy atom. The Balaban J connectivity index is 3.06. The molecule has 1 rings (SSSR count). The van der Waals surface area contributed by atoms with Crippen molar-refractivity contribution in [3.8, 4) is 0 Å². The van der Waals surface area contributed by atoms with Crippen molar-refractivity contribution in [1.82, 2.24) is 4.31 Å². The largest absolute Gasteiger partial charge is 0.452 e. The highest BCUT2D eigenvalue weighted by Crippen LogP contribution is 2.30. The van der Waals surface area contributed by atoms with Gasteiger partial charge >= 0.3 is 0 Å². The molecule has 0 N–H and O–H groups in total. The maximum absolute atomic E-state index is 12.7. The Morgan fingerprint density at radius 3 is 2.50 bits per heavy atom. The molecule has 0 unspecified atom stereocenters. The van der Waals surface area contributed by atoms with Gasteiger partial charge in [-0.25, -0.2) is 8.42 Å². The Labute approximate surface area is 134 Å². The van der Waals surface area contributed by atoms with Crippen LogP contribution >= 0.6 is 27.5 Å². The molecule has 0 fully saturated rings. The van der Waals surface area contributed by atoms with Gasteiger partial charge in [-0.15, -0.1) is 11.6 Å². The fourth-order valence-corrected chi connectivity index (χ4v) is 4.71. The summed E-state index contributed by atoms with van der Waals surface area (Å²) >= 11 is 8.85. The van der Waals surface area contributed by atoms with Gasteiger partial charge < -0.3 is 4.42 Å². The first-order chi connectivity index (χ1) is 9.34. The summed E-state index contributed by atoms with van der Waals surface area (Å²) < 4.78 is 32.4. The van der Waals surface area contributed by atoms with Crippen molar-refractivity contribution in [2.75, 3.05) is 6.54 Å². The molecule has 0 aromatic carbocycles. The van der Waals surface area contributed by atoms with Crippen LogP contribution in [0.4, 0.5) is 0 Å². The molecule has 0 amide bonds. The first kappa shape index (κ1) is 18.0. The smallest absolute Gasteiger partial charge is 0.247 e. The van der Waals surface area contributed by atoms with Gasteiger partial charge in [0.1, 0.15) is 10.7 Å². The van der Waals surface area contributed by atoms with Crippen LogP contribution in [-0.2, 0) is 15.9 Å². The van der Waals surface area contributed by atoms with Crippen molar-refractivity contribution in [3.05, 3.63) is 16.5 Å². The van der Waals surface area contributed by atoms with Gasteiger partial charge in [0.25, 0.3) is 0 Å². The second kappa shape index (κ2) is 7.82. The minimum Gasteiger partial charge on any atom is -0.452 e. The number of hydrogen-bond donors (Lipinski definition) is 0. The lowest BCUT2D eigenvalue weighted by Crippen LogP contribution is -2.37. The van der Waals surface area contributed by atoms with Crippen molar-refractivity contribution in [3.63, 3.8) is 0 Å². The summed E-state index contributed by atoms with van der Waals surface area (Å²) in [5.41, 5.74) is 0. The van der Waals surface area contributed by atoms with E-state index in [9.17, 15) is 8.42 Å². The first-order valence-corrected chi connectivity index (χ1v) is 9.47. The SMILES string of the molecule is CCCCCN(C(C)C)S(=O)(=O)c1cc(CCl)oc1Br. The molecule has 7 heteroatoms. The van der Waals surface area contributed by atoms with Gasteiger partial charge in [0.2, 0.25) is 10.0 Å². The van der Waals surface area contributed by atoms with Crippen LogP contribution in [-0.4, -0.2) is 25.3 Å². The third kappa shape index (κ3) is 4.23. The molecule has 0 saturated carbocycles. The maximum Gasteiger partial charge on any atom is 0.247 e. The van der Waals surface area contributed by atoms with E-state index in [2.05, 4.69) is 22.9 Å². The summed E-state index contributed by atoms with van der Waals surface area (Å²) in [6.07, 6.45) is 2.92. The van der Waals surface area contributed by atoms with E-state index < -0.39 is 10.0 Å². The Hall–Kier alpha value is -0.0400. The number of alkyl halides is 1. The van der Waals surface area contributed by atoms with Crippen LogP contribution in [0.3, 0.4) is 0 Å². The molecule has 0 atom stereocenters. The van der Waals surface area contributed by atoms with E-state index in [1.807, 2.05) is 13.8 Å². The van der Waals surface area contributed by atoms with Crippen LogP contribution in [0.2, 0.25) is 0 Å². The molecule has 116 valence electrons. The summed E-state index contributed by atoms with van der Waals surface area (Å²) in [4.78, 5) is 0.151. The number of furan rings is 1. The van der Waals surface area contributed by atoms with Gasteiger partial charge in [-0.1, -0.05) is 19.8 Å². The predicted octanol–water partition coefficient (Wildman–Crippen LogP) is 4.37. The highest BCUT2D eigenvalue weighted by atomic mass is 79.9. The van der Waals surface area contributed by atoms with Gasteiger partial charge in [-0.05, 0) is 36.2 Å². The zero-order valence-corrected chi connectivity index (χ0v) is 15.2. The lowest BCUT2D eigenvalue weighted by Gasteiger charge is -2.25. The molecule has 0 aliphatic heterocycles. The highest BCUT2D eigenvalue weighted by molar-refractivity contribution is 9.10. The van der Waals surface area contributed by atoms with Crippen molar-refractivity contribution >= 4 is 37.6 Å². The number of halogens is 2. The Kier molecular flexibility index (Phi) is 7.04. The van der Waals surface area contributed by atoms with Crippen LogP contribution in [0.1, 0.15) is 45.8 Å². The molecule has 0 aliphatic carbocycles. The third-order valence-corrected chi connectivity index (χ3v) is 6.18. The van der Waals surface area contributed by atoms with Crippen molar-refractivity contribution in [2.45, 2.75) is 56.9 Å². The van der Waals surface area contributed by atoms with Crippen molar-refractivity contribution in [1.29, 1.82) is 0 Å². The monoisotopic (exact) mass is 385 g/mol. The van der Waals surface area contributed by atoms with Gasteiger partial charge in [0.15, 0.2) is 4.67 Å². The molecule has 0 spiro atoms. The molecule has 1 aromatic heterocycles. The van der Waals surface area contributed by atoms with E-state index in [1.54, 1.807) is 0 Å². The summed E-state index contributed by atoms with van der Waals surface area (Å²) in [5.74, 6) is 0.584. The lowest BCUT2D eigenvalue weighted by molar-refractivity contribution is 0.345. The molecule has 20 heavy (non-hydrogen) atoms. The number of nitrogens with zero attached hydrogens (tertiary/aromatic N) is 1. The molecule has 0 bridgehead atoms. The Morgan fingerprint density at radius 2 is 2.05 bits per heavy atom. The zero-order valence-electron chi connectivity index (χ0n) is 12.0. The zero-order chi connectivity index (χ0) is 15.3. The topological polar surface area (TPSA) is 50.5 Å². The summed E-state index contributed by atoms with van der Waals surface area (Å²) in [5, 5.41) is 0. The quantitative estimate of drug-likeness (QED) is 0.492. The normalized spacial score (nSPS) is 12.6. The average molecular weight is 387 g/mol. The van der Waals surface area contributed by atoms with Crippen LogP contribution < -0.4 is 0 Å². The fourth-order valence-electron chi connectivity index (χ4n) is 1.94. The van der Waals surface area contributed by atoms with E-state index in [-0.39, 0.29) is 21.5 Å². The second-order valence-electron chi connectivity index (χ2n) is 4.90. The molecule has 0 aliphatic rings. The molecule has 4 nitrogen and oxygen atoms in total. The molecular weight excluding hydrogens is 366 g/mol. The van der Waals surface area contributed by atoms with E-state index in [4.69, 9.17) is 16.0 Å². The number of rotatable bonds is 8. The molecule has 1 heterocycles.